The molecule has 0 radical (unpaired) electrons. The fourth-order valence-electron chi connectivity index (χ4n) is 3.69. The summed E-state index contributed by atoms with van der Waals surface area (Å²) < 4.78 is 22.2. The zero-order valence-electron chi connectivity index (χ0n) is 15.8. The molecular weight excluding hydrogens is 374 g/mol. The molecule has 8 heteroatoms. The number of rotatable bonds is 4. The van der Waals surface area contributed by atoms with E-state index in [0.29, 0.717) is 56.7 Å². The van der Waals surface area contributed by atoms with Gasteiger partial charge in [0.05, 0.1) is 38.3 Å². The molecule has 3 aromatic rings. The van der Waals surface area contributed by atoms with Crippen LogP contribution in [-0.2, 0) is 16.1 Å². The van der Waals surface area contributed by atoms with Crippen LogP contribution in [0.1, 0.15) is 5.69 Å². The minimum absolute atomic E-state index is 0.00997. The van der Waals surface area contributed by atoms with Crippen molar-refractivity contribution in [2.24, 2.45) is 0 Å². The number of amides is 1. The van der Waals surface area contributed by atoms with E-state index in [0.717, 1.165) is 11.4 Å². The zero-order chi connectivity index (χ0) is 19.6. The Kier molecular flexibility index (Phi) is 4.69. The number of carbonyl (C=O) groups excluding carboxylic acids is 1. The maximum atomic E-state index is 13.0. The molecule has 8 nitrogen and oxygen atoms in total. The van der Waals surface area contributed by atoms with Gasteiger partial charge >= 0.3 is 0 Å². The Bertz CT molecular complexity index is 978. The van der Waals surface area contributed by atoms with Crippen LogP contribution in [0.3, 0.4) is 0 Å². The number of para-hydroxylation sites is 2. The third-order valence-corrected chi connectivity index (χ3v) is 5.14. The number of hydrogen-bond donors (Lipinski definition) is 0. The van der Waals surface area contributed by atoms with E-state index >= 15 is 0 Å². The molecule has 1 saturated heterocycles. The number of anilines is 1. The lowest BCUT2D eigenvalue weighted by Gasteiger charge is -2.38. The molecule has 2 aliphatic rings. The zero-order valence-corrected chi connectivity index (χ0v) is 15.8. The normalized spacial score (nSPS) is 19.0. The summed E-state index contributed by atoms with van der Waals surface area (Å²) >= 11 is 0. The van der Waals surface area contributed by atoms with E-state index < -0.39 is 6.10 Å². The van der Waals surface area contributed by atoms with Gasteiger partial charge < -0.3 is 28.2 Å². The molecule has 5 rings (SSSR count). The highest BCUT2D eigenvalue weighted by Gasteiger charge is 2.34. The second kappa shape index (κ2) is 7.63. The van der Waals surface area contributed by atoms with E-state index in [-0.39, 0.29) is 5.91 Å². The molecule has 1 atom stereocenters. The van der Waals surface area contributed by atoms with Crippen LogP contribution in [-0.4, -0.2) is 54.9 Å². The van der Waals surface area contributed by atoms with E-state index in [9.17, 15) is 4.79 Å². The minimum Gasteiger partial charge on any atom is -0.477 e. The predicted molar refractivity (Wildman–Crippen MR) is 104 cm³/mol. The summed E-state index contributed by atoms with van der Waals surface area (Å²) in [5.74, 6) is 1.89. The molecule has 0 N–H and O–H groups in total. The average Bonchev–Trinajstić information content (AvgIpc) is 3.46. The molecule has 4 heterocycles. The van der Waals surface area contributed by atoms with E-state index in [4.69, 9.17) is 18.4 Å². The van der Waals surface area contributed by atoms with Crippen molar-refractivity contribution in [2.75, 3.05) is 37.7 Å². The molecule has 0 spiro atoms. The molecule has 0 aliphatic carbocycles. The summed E-state index contributed by atoms with van der Waals surface area (Å²) in [6, 6.07) is 13.2. The molecule has 29 heavy (non-hydrogen) atoms. The van der Waals surface area contributed by atoms with Crippen LogP contribution < -0.4 is 9.64 Å². The van der Waals surface area contributed by atoms with Gasteiger partial charge in [0.1, 0.15) is 11.4 Å². The van der Waals surface area contributed by atoms with Crippen molar-refractivity contribution in [2.45, 2.75) is 12.6 Å². The number of furan rings is 1. The van der Waals surface area contributed by atoms with Gasteiger partial charge in [-0.1, -0.05) is 17.3 Å². The number of carbonyl (C=O) groups is 1. The second-order valence-electron chi connectivity index (χ2n) is 7.05. The first-order valence-electron chi connectivity index (χ1n) is 9.64. The van der Waals surface area contributed by atoms with Crippen LogP contribution in [0.2, 0.25) is 0 Å². The van der Waals surface area contributed by atoms with E-state index in [2.05, 4.69) is 10.1 Å². The largest absolute Gasteiger partial charge is 0.477 e. The number of fused-ring (bicyclic) bond motifs is 1. The number of hydrogen-bond acceptors (Lipinski definition) is 7. The minimum atomic E-state index is -0.570. The fraction of sp³-hybridized carbons (Fsp3) is 0.333. The fourth-order valence-corrected chi connectivity index (χ4v) is 3.69. The number of morpholine rings is 1. The van der Waals surface area contributed by atoms with Gasteiger partial charge in [0.2, 0.25) is 5.76 Å². The molecule has 1 aromatic carbocycles. The highest BCUT2D eigenvalue weighted by Crippen LogP contribution is 2.35. The van der Waals surface area contributed by atoms with Gasteiger partial charge in [-0.2, -0.15) is 0 Å². The maximum Gasteiger partial charge on any atom is 0.265 e. The summed E-state index contributed by atoms with van der Waals surface area (Å²) in [5, 5.41) is 4.17. The lowest BCUT2D eigenvalue weighted by atomic mass is 10.1. The van der Waals surface area contributed by atoms with Crippen molar-refractivity contribution < 1.29 is 23.2 Å². The number of ether oxygens (including phenoxy) is 2. The summed E-state index contributed by atoms with van der Waals surface area (Å²) in [5.41, 5.74) is 1.69. The lowest BCUT2D eigenvalue weighted by molar-refractivity contribution is -0.142. The van der Waals surface area contributed by atoms with Crippen molar-refractivity contribution in [3.05, 3.63) is 54.4 Å². The molecule has 150 valence electrons. The summed E-state index contributed by atoms with van der Waals surface area (Å²) in [6.45, 7) is 3.25. The number of benzene rings is 1. The molecule has 0 unspecified atom stereocenters. The van der Waals surface area contributed by atoms with Crippen molar-refractivity contribution in [1.82, 2.24) is 10.1 Å². The molecule has 1 fully saturated rings. The quantitative estimate of drug-likeness (QED) is 0.672. The number of nitrogens with zero attached hydrogens (tertiary/aromatic N) is 3. The Morgan fingerprint density at radius 3 is 2.79 bits per heavy atom. The Labute approximate surface area is 167 Å². The van der Waals surface area contributed by atoms with Crippen LogP contribution in [0.25, 0.3) is 11.5 Å². The summed E-state index contributed by atoms with van der Waals surface area (Å²) in [4.78, 5) is 16.9. The molecule has 2 aliphatic heterocycles. The third-order valence-electron chi connectivity index (χ3n) is 5.14. The Balaban J connectivity index is 1.37. The van der Waals surface area contributed by atoms with Crippen LogP contribution >= 0.6 is 0 Å². The van der Waals surface area contributed by atoms with Crippen molar-refractivity contribution in [3.8, 4) is 17.3 Å². The first kappa shape index (κ1) is 17.8. The molecule has 0 saturated carbocycles. The SMILES string of the molecule is O=C([C@@H]1CN(Cc2cc(-c3ccco3)on2)c2ccccc2O1)N1CCOCC1. The highest BCUT2D eigenvalue weighted by molar-refractivity contribution is 5.83. The maximum absolute atomic E-state index is 13.0. The summed E-state index contributed by atoms with van der Waals surface area (Å²) in [6.07, 6.45) is 1.02. The van der Waals surface area contributed by atoms with Gasteiger partial charge in [-0.15, -0.1) is 0 Å². The monoisotopic (exact) mass is 395 g/mol. The van der Waals surface area contributed by atoms with Gasteiger partial charge in [-0.25, -0.2) is 0 Å². The Morgan fingerprint density at radius 2 is 1.97 bits per heavy atom. The van der Waals surface area contributed by atoms with E-state index in [1.165, 1.54) is 0 Å². The van der Waals surface area contributed by atoms with Crippen LogP contribution in [0.5, 0.6) is 5.75 Å². The molecule has 0 bridgehead atoms. The van der Waals surface area contributed by atoms with Crippen molar-refractivity contribution in [3.63, 3.8) is 0 Å². The standard InChI is InChI=1S/C21H21N3O5/c25-21(23-7-10-26-11-8-23)20-14-24(16-4-1-2-5-17(16)28-20)13-15-12-19(29-22-15)18-6-3-9-27-18/h1-6,9,12,20H,7-8,10-11,13-14H2/t20-/m0/s1. The lowest BCUT2D eigenvalue weighted by Crippen LogP contribution is -2.52. The topological polar surface area (TPSA) is 81.2 Å². The predicted octanol–water partition coefficient (Wildman–Crippen LogP) is 2.56. The van der Waals surface area contributed by atoms with Gasteiger partial charge in [0.25, 0.3) is 5.91 Å². The van der Waals surface area contributed by atoms with Crippen molar-refractivity contribution in [1.29, 1.82) is 0 Å². The van der Waals surface area contributed by atoms with Gasteiger partial charge in [0.15, 0.2) is 11.9 Å². The van der Waals surface area contributed by atoms with Gasteiger partial charge in [-0.05, 0) is 24.3 Å². The highest BCUT2D eigenvalue weighted by atomic mass is 16.5. The Hall–Kier alpha value is -3.26. The first-order valence-corrected chi connectivity index (χ1v) is 9.64. The van der Waals surface area contributed by atoms with Gasteiger partial charge in [0, 0.05) is 19.2 Å². The van der Waals surface area contributed by atoms with Crippen molar-refractivity contribution >= 4 is 11.6 Å². The van der Waals surface area contributed by atoms with Crippen LogP contribution in [0.15, 0.2) is 57.7 Å². The number of aromatic nitrogens is 1. The Morgan fingerprint density at radius 1 is 1.10 bits per heavy atom. The molecule has 2 aromatic heterocycles. The first-order chi connectivity index (χ1) is 14.3. The smallest absolute Gasteiger partial charge is 0.265 e. The second-order valence-corrected chi connectivity index (χ2v) is 7.05. The molecule has 1 amide bonds. The van der Waals surface area contributed by atoms with E-state index in [1.54, 1.807) is 12.3 Å². The average molecular weight is 395 g/mol. The summed E-state index contributed by atoms with van der Waals surface area (Å²) in [7, 11) is 0. The molecular formula is C21H21N3O5. The third kappa shape index (κ3) is 3.58. The van der Waals surface area contributed by atoms with Crippen LogP contribution in [0.4, 0.5) is 5.69 Å². The van der Waals surface area contributed by atoms with E-state index in [1.807, 2.05) is 41.3 Å². The van der Waals surface area contributed by atoms with Crippen LogP contribution in [0, 0.1) is 0 Å². The van der Waals surface area contributed by atoms with Gasteiger partial charge in [-0.3, -0.25) is 4.79 Å².